The van der Waals surface area contributed by atoms with Crippen LogP contribution in [0.3, 0.4) is 0 Å². The molecule has 1 fully saturated rings. The van der Waals surface area contributed by atoms with Crippen molar-refractivity contribution in [2.75, 3.05) is 18.4 Å². The number of piperidine rings is 1. The van der Waals surface area contributed by atoms with Crippen molar-refractivity contribution < 1.29 is 18.0 Å². The molecule has 0 unspecified atom stereocenters. The van der Waals surface area contributed by atoms with Gasteiger partial charge in [-0.3, -0.25) is 10.1 Å². The van der Waals surface area contributed by atoms with E-state index in [1.807, 2.05) is 0 Å². The summed E-state index contributed by atoms with van der Waals surface area (Å²) < 4.78 is 38.4. The maximum absolute atomic E-state index is 12.4. The van der Waals surface area contributed by atoms with Crippen molar-refractivity contribution in [1.82, 2.24) is 20.1 Å². The van der Waals surface area contributed by atoms with Gasteiger partial charge in [0, 0.05) is 24.9 Å². The predicted molar refractivity (Wildman–Crippen MR) is 102 cm³/mol. The van der Waals surface area contributed by atoms with E-state index in [9.17, 15) is 18.0 Å². The van der Waals surface area contributed by atoms with E-state index in [1.165, 1.54) is 28.9 Å². The van der Waals surface area contributed by atoms with Crippen molar-refractivity contribution in [2.24, 2.45) is 7.05 Å². The molecule has 2 N–H and O–H groups in total. The molecule has 3 rings (SSSR count). The molecule has 1 aliphatic heterocycles. The number of rotatable bonds is 5. The van der Waals surface area contributed by atoms with Crippen LogP contribution >= 0.6 is 12.4 Å². The molecule has 0 radical (unpaired) electrons. The highest BCUT2D eigenvalue weighted by Crippen LogP contribution is 2.24. The Labute approximate surface area is 167 Å². The van der Waals surface area contributed by atoms with E-state index in [0.29, 0.717) is 17.1 Å². The van der Waals surface area contributed by atoms with E-state index in [2.05, 4.69) is 20.7 Å². The van der Waals surface area contributed by atoms with Gasteiger partial charge in [0.1, 0.15) is 0 Å². The third-order valence-electron chi connectivity index (χ3n) is 4.62. The fourth-order valence-corrected chi connectivity index (χ4v) is 3.05. The fraction of sp³-hybridized carbons (Fsp3) is 0.500. The standard InChI is InChI=1S/C18H22F3N5O.ClH/c1-26-17(23-15(25-26)13-7-10-22-11-8-13)24-16(27)14-4-2-12(3-5-14)6-9-18(19,20)21;/h2-5,13,22H,6-11H2,1H3,(H,23,24,25,27);1H. The number of carbonyl (C=O) groups excluding carboxylic acids is 1. The summed E-state index contributed by atoms with van der Waals surface area (Å²) in [5, 5.41) is 10.4. The molecule has 0 spiro atoms. The number of anilines is 1. The van der Waals surface area contributed by atoms with Crippen LogP contribution in [0.15, 0.2) is 24.3 Å². The lowest BCUT2D eigenvalue weighted by molar-refractivity contribution is -0.134. The summed E-state index contributed by atoms with van der Waals surface area (Å²) >= 11 is 0. The molecule has 6 nitrogen and oxygen atoms in total. The van der Waals surface area contributed by atoms with E-state index in [-0.39, 0.29) is 30.7 Å². The maximum Gasteiger partial charge on any atom is 0.389 e. The number of aromatic nitrogens is 3. The molecule has 1 aromatic carbocycles. The molecule has 28 heavy (non-hydrogen) atoms. The first-order valence-corrected chi connectivity index (χ1v) is 8.90. The maximum atomic E-state index is 12.4. The summed E-state index contributed by atoms with van der Waals surface area (Å²) in [6.07, 6.45) is -3.26. The number of hydrogen-bond donors (Lipinski definition) is 2. The lowest BCUT2D eigenvalue weighted by Gasteiger charge is -2.19. The number of nitrogens with zero attached hydrogens (tertiary/aromatic N) is 3. The van der Waals surface area contributed by atoms with Gasteiger partial charge in [-0.15, -0.1) is 12.4 Å². The van der Waals surface area contributed by atoms with Gasteiger partial charge in [0.2, 0.25) is 5.95 Å². The number of amides is 1. The molecule has 0 atom stereocenters. The minimum atomic E-state index is -4.19. The van der Waals surface area contributed by atoms with E-state index in [0.717, 1.165) is 31.8 Å². The van der Waals surface area contributed by atoms with Crippen molar-refractivity contribution in [3.05, 3.63) is 41.2 Å². The van der Waals surface area contributed by atoms with Crippen molar-refractivity contribution >= 4 is 24.3 Å². The zero-order chi connectivity index (χ0) is 19.4. The predicted octanol–water partition coefficient (Wildman–Crippen LogP) is 3.45. The first kappa shape index (κ1) is 22.2. The number of halogens is 4. The molecular formula is C18H23ClF3N5O. The average molecular weight is 418 g/mol. The lowest BCUT2D eigenvalue weighted by Crippen LogP contribution is -2.27. The molecule has 10 heteroatoms. The monoisotopic (exact) mass is 417 g/mol. The SMILES string of the molecule is Cl.Cn1nc(C2CCNCC2)nc1NC(=O)c1ccc(CCC(F)(F)F)cc1. The molecule has 154 valence electrons. The van der Waals surface area contributed by atoms with Gasteiger partial charge in [-0.2, -0.15) is 23.3 Å². The van der Waals surface area contributed by atoms with E-state index < -0.39 is 12.6 Å². The number of nitrogens with one attached hydrogen (secondary N) is 2. The van der Waals surface area contributed by atoms with Gasteiger partial charge < -0.3 is 5.32 Å². The van der Waals surface area contributed by atoms with Crippen LogP contribution in [-0.2, 0) is 13.5 Å². The quantitative estimate of drug-likeness (QED) is 0.781. The van der Waals surface area contributed by atoms with Crippen LogP contribution in [0.25, 0.3) is 0 Å². The van der Waals surface area contributed by atoms with Crippen LogP contribution < -0.4 is 10.6 Å². The van der Waals surface area contributed by atoms with Gasteiger partial charge in [-0.05, 0) is 50.0 Å². The lowest BCUT2D eigenvalue weighted by atomic mass is 9.98. The van der Waals surface area contributed by atoms with Crippen LogP contribution in [0, 0.1) is 0 Å². The Morgan fingerprint density at radius 2 is 1.89 bits per heavy atom. The fourth-order valence-electron chi connectivity index (χ4n) is 3.05. The Kier molecular flexibility index (Phi) is 7.42. The van der Waals surface area contributed by atoms with Crippen LogP contribution in [0.2, 0.25) is 0 Å². The molecular weight excluding hydrogens is 395 g/mol. The second-order valence-electron chi connectivity index (χ2n) is 6.71. The van der Waals surface area contributed by atoms with Gasteiger partial charge in [-0.25, -0.2) is 4.68 Å². The summed E-state index contributed by atoms with van der Waals surface area (Å²) in [5.74, 6) is 0.979. The topological polar surface area (TPSA) is 71.8 Å². The molecule has 1 saturated heterocycles. The number of alkyl halides is 3. The van der Waals surface area contributed by atoms with Crippen LogP contribution in [0.4, 0.5) is 19.1 Å². The van der Waals surface area contributed by atoms with Crippen molar-refractivity contribution in [2.45, 2.75) is 37.8 Å². The van der Waals surface area contributed by atoms with Crippen LogP contribution in [-0.4, -0.2) is 39.9 Å². The van der Waals surface area contributed by atoms with Crippen molar-refractivity contribution in [3.63, 3.8) is 0 Å². The Balaban J connectivity index is 0.00000280. The zero-order valence-corrected chi connectivity index (χ0v) is 16.2. The highest BCUT2D eigenvalue weighted by molar-refractivity contribution is 6.03. The van der Waals surface area contributed by atoms with Gasteiger partial charge >= 0.3 is 6.18 Å². The Morgan fingerprint density at radius 3 is 2.50 bits per heavy atom. The minimum absolute atomic E-state index is 0. The highest BCUT2D eigenvalue weighted by atomic mass is 35.5. The normalized spacial score (nSPS) is 15.1. The molecule has 1 amide bonds. The largest absolute Gasteiger partial charge is 0.389 e. The Morgan fingerprint density at radius 1 is 1.25 bits per heavy atom. The average Bonchev–Trinajstić information content (AvgIpc) is 3.01. The summed E-state index contributed by atoms with van der Waals surface area (Å²) in [6.45, 7) is 1.84. The second-order valence-corrected chi connectivity index (χ2v) is 6.71. The third-order valence-corrected chi connectivity index (χ3v) is 4.62. The molecule has 1 aromatic heterocycles. The van der Waals surface area contributed by atoms with Crippen molar-refractivity contribution in [3.8, 4) is 0 Å². The van der Waals surface area contributed by atoms with E-state index in [1.54, 1.807) is 7.05 Å². The zero-order valence-electron chi connectivity index (χ0n) is 15.4. The van der Waals surface area contributed by atoms with Gasteiger partial charge in [-0.1, -0.05) is 12.1 Å². The third kappa shape index (κ3) is 5.93. The first-order valence-electron chi connectivity index (χ1n) is 8.90. The number of hydrogen-bond acceptors (Lipinski definition) is 4. The van der Waals surface area contributed by atoms with Gasteiger partial charge in [0.25, 0.3) is 5.91 Å². The first-order chi connectivity index (χ1) is 12.8. The summed E-state index contributed by atoms with van der Waals surface area (Å²) in [6, 6.07) is 6.12. The molecule has 0 saturated carbocycles. The van der Waals surface area contributed by atoms with E-state index >= 15 is 0 Å². The van der Waals surface area contributed by atoms with E-state index in [4.69, 9.17) is 0 Å². The molecule has 1 aliphatic rings. The Hall–Kier alpha value is -2.13. The van der Waals surface area contributed by atoms with Gasteiger partial charge in [0.05, 0.1) is 0 Å². The smallest absolute Gasteiger partial charge is 0.317 e. The second kappa shape index (κ2) is 9.38. The minimum Gasteiger partial charge on any atom is -0.317 e. The Bertz CT molecular complexity index is 786. The number of aryl methyl sites for hydroxylation is 2. The molecule has 0 aliphatic carbocycles. The summed E-state index contributed by atoms with van der Waals surface area (Å²) in [4.78, 5) is 16.8. The van der Waals surface area contributed by atoms with Gasteiger partial charge in [0.15, 0.2) is 5.82 Å². The molecule has 0 bridgehead atoms. The van der Waals surface area contributed by atoms with Crippen molar-refractivity contribution in [1.29, 1.82) is 0 Å². The van der Waals surface area contributed by atoms with Crippen LogP contribution in [0.5, 0.6) is 0 Å². The molecule has 2 heterocycles. The highest BCUT2D eigenvalue weighted by Gasteiger charge is 2.26. The number of benzene rings is 1. The van der Waals surface area contributed by atoms with Crippen LogP contribution in [0.1, 0.15) is 46.9 Å². The number of carbonyl (C=O) groups is 1. The summed E-state index contributed by atoms with van der Waals surface area (Å²) in [5.41, 5.74) is 0.896. The molecule has 2 aromatic rings. The summed E-state index contributed by atoms with van der Waals surface area (Å²) in [7, 11) is 1.72.